The predicted octanol–water partition coefficient (Wildman–Crippen LogP) is 7.90. The summed E-state index contributed by atoms with van der Waals surface area (Å²) in [6.45, 7) is 3.18. The number of nitrogens with one attached hydrogen (secondary N) is 1. The van der Waals surface area contributed by atoms with Crippen LogP contribution < -0.4 is 19.5 Å². The maximum Gasteiger partial charge on any atom is 0.163 e. The van der Waals surface area contributed by atoms with Gasteiger partial charge >= 0.3 is 0 Å². The number of rotatable bonds is 9. The van der Waals surface area contributed by atoms with Gasteiger partial charge in [0, 0.05) is 23.3 Å². The predicted molar refractivity (Wildman–Crippen MR) is 129 cm³/mol. The van der Waals surface area contributed by atoms with Crippen molar-refractivity contribution in [1.29, 1.82) is 0 Å². The smallest absolute Gasteiger partial charge is 0.163 e. The van der Waals surface area contributed by atoms with Crippen LogP contribution in [-0.2, 0) is 13.2 Å². The van der Waals surface area contributed by atoms with E-state index >= 15 is 0 Å². The zero-order valence-corrected chi connectivity index (χ0v) is 20.0. The van der Waals surface area contributed by atoms with Crippen molar-refractivity contribution in [2.24, 2.45) is 0 Å². The molecule has 8 heteroatoms. The minimum atomic E-state index is 0.301. The number of anilines is 1. The standard InChI is InChI=1S/C23H21Cl4NO3/c1-3-30-22-9-15(12-28-16-5-7-21(29-2)20(27)10-16)18(25)11-23(22)31-13-14-4-6-17(24)19(26)8-14/h4-11,28H,3,12-13H2,1-2H3. The Balaban J connectivity index is 1.74. The van der Waals surface area contributed by atoms with Gasteiger partial charge in [0.15, 0.2) is 11.5 Å². The maximum atomic E-state index is 6.51. The summed E-state index contributed by atoms with van der Waals surface area (Å²) in [7, 11) is 1.58. The van der Waals surface area contributed by atoms with Crippen molar-refractivity contribution < 1.29 is 14.2 Å². The zero-order valence-electron chi connectivity index (χ0n) is 17.0. The molecule has 0 spiro atoms. The van der Waals surface area contributed by atoms with Crippen molar-refractivity contribution in [1.82, 2.24) is 0 Å². The van der Waals surface area contributed by atoms with E-state index in [9.17, 15) is 0 Å². The minimum Gasteiger partial charge on any atom is -0.495 e. The summed E-state index contributed by atoms with van der Waals surface area (Å²) in [6.07, 6.45) is 0. The van der Waals surface area contributed by atoms with Gasteiger partial charge in [-0.2, -0.15) is 0 Å². The van der Waals surface area contributed by atoms with E-state index in [1.807, 2.05) is 25.1 Å². The second-order valence-corrected chi connectivity index (χ2v) is 8.19. The zero-order chi connectivity index (χ0) is 22.4. The van der Waals surface area contributed by atoms with Gasteiger partial charge in [0.2, 0.25) is 0 Å². The largest absolute Gasteiger partial charge is 0.495 e. The van der Waals surface area contributed by atoms with Crippen LogP contribution in [-0.4, -0.2) is 13.7 Å². The van der Waals surface area contributed by atoms with Gasteiger partial charge in [0.05, 0.1) is 28.8 Å². The van der Waals surface area contributed by atoms with Crippen LogP contribution in [0.15, 0.2) is 48.5 Å². The molecule has 0 radical (unpaired) electrons. The lowest BCUT2D eigenvalue weighted by Crippen LogP contribution is -2.04. The highest BCUT2D eigenvalue weighted by atomic mass is 35.5. The number of hydrogen-bond donors (Lipinski definition) is 1. The van der Waals surface area contributed by atoms with Crippen LogP contribution in [0.5, 0.6) is 17.2 Å². The Kier molecular flexibility index (Phi) is 8.44. The van der Waals surface area contributed by atoms with Crippen LogP contribution in [0, 0.1) is 0 Å². The molecule has 0 saturated carbocycles. The number of ether oxygens (including phenoxy) is 3. The fraction of sp³-hybridized carbons (Fsp3) is 0.217. The molecule has 3 rings (SSSR count). The molecule has 0 aromatic heterocycles. The van der Waals surface area contributed by atoms with Gasteiger partial charge in [-0.25, -0.2) is 0 Å². The molecular formula is C23H21Cl4NO3. The monoisotopic (exact) mass is 499 g/mol. The molecule has 0 aliphatic heterocycles. The minimum absolute atomic E-state index is 0.301. The first-order valence-electron chi connectivity index (χ1n) is 9.50. The average Bonchev–Trinajstić information content (AvgIpc) is 2.75. The van der Waals surface area contributed by atoms with Crippen molar-refractivity contribution in [3.8, 4) is 17.2 Å². The molecule has 31 heavy (non-hydrogen) atoms. The molecule has 4 nitrogen and oxygen atoms in total. The van der Waals surface area contributed by atoms with Crippen molar-refractivity contribution >= 4 is 52.1 Å². The summed E-state index contributed by atoms with van der Waals surface area (Å²) < 4.78 is 16.9. The number of methoxy groups -OCH3 is 1. The van der Waals surface area contributed by atoms with Gasteiger partial charge in [0.25, 0.3) is 0 Å². The topological polar surface area (TPSA) is 39.7 Å². The lowest BCUT2D eigenvalue weighted by Gasteiger charge is -2.16. The maximum absolute atomic E-state index is 6.51. The van der Waals surface area contributed by atoms with Crippen molar-refractivity contribution in [2.45, 2.75) is 20.1 Å². The molecule has 1 N–H and O–H groups in total. The van der Waals surface area contributed by atoms with E-state index in [1.165, 1.54) is 0 Å². The molecule has 164 valence electrons. The van der Waals surface area contributed by atoms with Crippen molar-refractivity contribution in [3.05, 3.63) is 79.7 Å². The van der Waals surface area contributed by atoms with Gasteiger partial charge in [-0.05, 0) is 54.4 Å². The van der Waals surface area contributed by atoms with Gasteiger partial charge in [-0.3, -0.25) is 0 Å². The normalized spacial score (nSPS) is 10.6. The number of benzene rings is 3. The van der Waals surface area contributed by atoms with Crippen LogP contribution in [0.4, 0.5) is 5.69 Å². The SMILES string of the molecule is CCOc1cc(CNc2ccc(OC)c(Cl)c2)c(Cl)cc1OCc1ccc(Cl)c(Cl)c1. The Morgan fingerprint density at radius 1 is 0.742 bits per heavy atom. The summed E-state index contributed by atoms with van der Waals surface area (Å²) in [5, 5.41) is 5.36. The van der Waals surface area contributed by atoms with E-state index in [0.717, 1.165) is 16.8 Å². The second-order valence-electron chi connectivity index (χ2n) is 6.56. The van der Waals surface area contributed by atoms with E-state index in [4.69, 9.17) is 60.6 Å². The molecule has 0 fully saturated rings. The molecule has 0 atom stereocenters. The van der Waals surface area contributed by atoms with Crippen LogP contribution in [0.3, 0.4) is 0 Å². The molecule has 0 heterocycles. The average molecular weight is 501 g/mol. The lowest BCUT2D eigenvalue weighted by atomic mass is 10.2. The van der Waals surface area contributed by atoms with Crippen molar-refractivity contribution in [2.75, 3.05) is 19.0 Å². The molecule has 3 aromatic rings. The van der Waals surface area contributed by atoms with Gasteiger partial charge < -0.3 is 19.5 Å². The van der Waals surface area contributed by atoms with Crippen LogP contribution in [0.2, 0.25) is 20.1 Å². The van der Waals surface area contributed by atoms with Crippen LogP contribution >= 0.6 is 46.4 Å². The van der Waals surface area contributed by atoms with E-state index in [0.29, 0.717) is 57.1 Å². The molecule has 0 amide bonds. The Hall–Kier alpha value is -1.98. The molecule has 0 saturated heterocycles. The fourth-order valence-corrected chi connectivity index (χ4v) is 3.66. The van der Waals surface area contributed by atoms with E-state index in [-0.39, 0.29) is 0 Å². The van der Waals surface area contributed by atoms with E-state index in [2.05, 4.69) is 5.32 Å². The lowest BCUT2D eigenvalue weighted by molar-refractivity contribution is 0.269. The summed E-state index contributed by atoms with van der Waals surface area (Å²) in [6, 6.07) is 14.5. The van der Waals surface area contributed by atoms with Gasteiger partial charge in [-0.15, -0.1) is 0 Å². The van der Waals surface area contributed by atoms with E-state index < -0.39 is 0 Å². The Labute approximate surface area is 201 Å². The first kappa shape index (κ1) is 23.7. The van der Waals surface area contributed by atoms with Crippen LogP contribution in [0.25, 0.3) is 0 Å². The third-order valence-corrected chi connectivity index (χ3v) is 5.81. The number of halogens is 4. The summed E-state index contributed by atoms with van der Waals surface area (Å²) >= 11 is 24.8. The number of hydrogen-bond acceptors (Lipinski definition) is 4. The van der Waals surface area contributed by atoms with Crippen LogP contribution in [0.1, 0.15) is 18.1 Å². The first-order valence-corrected chi connectivity index (χ1v) is 11.0. The summed E-state index contributed by atoms with van der Waals surface area (Å²) in [4.78, 5) is 0. The Morgan fingerprint density at radius 2 is 1.52 bits per heavy atom. The molecule has 3 aromatic carbocycles. The highest BCUT2D eigenvalue weighted by Crippen LogP contribution is 2.35. The Bertz CT molecular complexity index is 1060. The van der Waals surface area contributed by atoms with Gasteiger partial charge in [0.1, 0.15) is 12.4 Å². The highest BCUT2D eigenvalue weighted by Gasteiger charge is 2.12. The second kappa shape index (κ2) is 11.1. The molecule has 0 bridgehead atoms. The molecular weight excluding hydrogens is 480 g/mol. The third kappa shape index (κ3) is 6.27. The Morgan fingerprint density at radius 3 is 2.19 bits per heavy atom. The highest BCUT2D eigenvalue weighted by molar-refractivity contribution is 6.42. The quantitative estimate of drug-likeness (QED) is 0.324. The van der Waals surface area contributed by atoms with E-state index in [1.54, 1.807) is 37.4 Å². The first-order chi connectivity index (χ1) is 14.9. The van der Waals surface area contributed by atoms with Crippen molar-refractivity contribution in [3.63, 3.8) is 0 Å². The molecule has 0 unspecified atom stereocenters. The third-order valence-electron chi connectivity index (χ3n) is 4.43. The summed E-state index contributed by atoms with van der Waals surface area (Å²) in [5.74, 6) is 1.78. The molecule has 0 aliphatic rings. The fourth-order valence-electron chi connectivity index (χ4n) is 2.86. The van der Waals surface area contributed by atoms with Gasteiger partial charge in [-0.1, -0.05) is 52.5 Å². The summed E-state index contributed by atoms with van der Waals surface area (Å²) in [5.41, 5.74) is 2.59. The molecule has 0 aliphatic carbocycles.